The molecule has 6 heteroatoms. The van der Waals surface area contributed by atoms with Crippen molar-refractivity contribution in [1.82, 2.24) is 0 Å². The van der Waals surface area contributed by atoms with Crippen LogP contribution in [0.2, 0.25) is 0 Å². The van der Waals surface area contributed by atoms with Crippen LogP contribution in [0.1, 0.15) is 19.3 Å². The molecule has 0 atom stereocenters. The molecular formula is C19H21O5P. The Morgan fingerprint density at radius 2 is 1.40 bits per heavy atom. The Labute approximate surface area is 147 Å². The Balaban J connectivity index is 1.95. The van der Waals surface area contributed by atoms with Gasteiger partial charge in [0.15, 0.2) is 0 Å². The third kappa shape index (κ3) is 7.38. The molecule has 2 rings (SSSR count). The van der Waals surface area contributed by atoms with Crippen LogP contribution in [-0.4, -0.2) is 12.9 Å². The fourth-order valence-electron chi connectivity index (χ4n) is 1.98. The Bertz CT molecular complexity index is 655. The zero-order chi connectivity index (χ0) is 17.8. The number of hydrogen-bond donors (Lipinski definition) is 0. The average Bonchev–Trinajstić information content (AvgIpc) is 2.62. The zero-order valence-electron chi connectivity index (χ0n) is 13.8. The molecule has 25 heavy (non-hydrogen) atoms. The Kier molecular flexibility index (Phi) is 7.96. The van der Waals surface area contributed by atoms with Gasteiger partial charge in [0, 0.05) is 0 Å². The first-order chi connectivity index (χ1) is 12.2. The van der Waals surface area contributed by atoms with Crippen LogP contribution >= 0.6 is 7.82 Å². The summed E-state index contributed by atoms with van der Waals surface area (Å²) in [6.07, 6.45) is 6.22. The molecular weight excluding hydrogens is 339 g/mol. The smallest absolute Gasteiger partial charge is 0.395 e. The number of hydrogen-bond acceptors (Lipinski definition) is 5. The van der Waals surface area contributed by atoms with Gasteiger partial charge < -0.3 is 9.05 Å². The molecule has 0 heterocycles. The molecule has 132 valence electrons. The van der Waals surface area contributed by atoms with Gasteiger partial charge in [0.2, 0.25) is 0 Å². The lowest BCUT2D eigenvalue weighted by atomic mass is 10.2. The van der Waals surface area contributed by atoms with Gasteiger partial charge in [0.1, 0.15) is 17.8 Å². The zero-order valence-corrected chi connectivity index (χ0v) is 14.7. The highest BCUT2D eigenvalue weighted by atomic mass is 31.2. The summed E-state index contributed by atoms with van der Waals surface area (Å²) in [5.74, 6) is 0.825. The summed E-state index contributed by atoms with van der Waals surface area (Å²) in [7, 11) is -3.80. The summed E-state index contributed by atoms with van der Waals surface area (Å²) in [5, 5.41) is 0. The van der Waals surface area contributed by atoms with E-state index in [1.165, 1.54) is 6.08 Å². The molecule has 0 aliphatic heterocycles. The van der Waals surface area contributed by atoms with Crippen molar-refractivity contribution < 1.29 is 22.9 Å². The molecule has 0 amide bonds. The number of benzene rings is 2. The fourth-order valence-corrected chi connectivity index (χ4v) is 3.24. The van der Waals surface area contributed by atoms with Gasteiger partial charge >= 0.3 is 7.82 Å². The first-order valence-corrected chi connectivity index (χ1v) is 9.52. The molecule has 0 bridgehead atoms. The van der Waals surface area contributed by atoms with Gasteiger partial charge in [-0.25, -0.2) is 4.57 Å². The maximum Gasteiger partial charge on any atom is 0.587 e. The van der Waals surface area contributed by atoms with Crippen LogP contribution in [0.5, 0.6) is 11.5 Å². The van der Waals surface area contributed by atoms with E-state index in [-0.39, 0.29) is 6.61 Å². The summed E-state index contributed by atoms with van der Waals surface area (Å²) < 4.78 is 29.4. The lowest BCUT2D eigenvalue weighted by Gasteiger charge is -2.19. The van der Waals surface area contributed by atoms with Gasteiger partial charge in [0.25, 0.3) is 0 Å². The van der Waals surface area contributed by atoms with E-state index in [4.69, 9.17) is 13.6 Å². The number of para-hydroxylation sites is 2. The van der Waals surface area contributed by atoms with Crippen molar-refractivity contribution in [3.8, 4) is 11.5 Å². The first-order valence-electron chi connectivity index (χ1n) is 8.06. The summed E-state index contributed by atoms with van der Waals surface area (Å²) >= 11 is 0. The normalized spacial score (nSPS) is 11.4. The van der Waals surface area contributed by atoms with Crippen LogP contribution in [-0.2, 0) is 13.9 Å². The van der Waals surface area contributed by atoms with Gasteiger partial charge in [-0.15, -0.1) is 0 Å². The molecule has 2 aromatic carbocycles. The maximum atomic E-state index is 13.0. The molecule has 5 nitrogen and oxygen atoms in total. The van der Waals surface area contributed by atoms with E-state index in [0.717, 1.165) is 19.1 Å². The second kappa shape index (κ2) is 10.5. The van der Waals surface area contributed by atoms with Crippen LogP contribution in [0.3, 0.4) is 0 Å². The number of rotatable bonds is 11. The van der Waals surface area contributed by atoms with Crippen molar-refractivity contribution in [2.24, 2.45) is 0 Å². The molecule has 0 spiro atoms. The van der Waals surface area contributed by atoms with Crippen molar-refractivity contribution in [2.45, 2.75) is 19.3 Å². The standard InChI is InChI=1S/C19H21O5P/c20-16-10-2-1-3-11-17-22-25(21,23-18-12-6-4-7-13-18)24-19-14-8-5-9-15-19/h2,4-10,12-16H,1,3,11,17H2/b10-2+. The van der Waals surface area contributed by atoms with Crippen molar-refractivity contribution in [1.29, 1.82) is 0 Å². The summed E-state index contributed by atoms with van der Waals surface area (Å²) in [6.45, 7) is 0.228. The minimum Gasteiger partial charge on any atom is -0.395 e. The van der Waals surface area contributed by atoms with Crippen LogP contribution < -0.4 is 9.05 Å². The predicted molar refractivity (Wildman–Crippen MR) is 96.8 cm³/mol. The second-order valence-electron chi connectivity index (χ2n) is 5.15. The van der Waals surface area contributed by atoms with E-state index >= 15 is 0 Å². The highest BCUT2D eigenvalue weighted by Gasteiger charge is 2.30. The van der Waals surface area contributed by atoms with Crippen molar-refractivity contribution >= 4 is 14.1 Å². The predicted octanol–water partition coefficient (Wildman–Crippen LogP) is 5.19. The highest BCUT2D eigenvalue weighted by molar-refractivity contribution is 7.49. The number of carbonyl (C=O) groups is 1. The molecule has 0 fully saturated rings. The topological polar surface area (TPSA) is 61.8 Å². The van der Waals surface area contributed by atoms with Gasteiger partial charge in [0.05, 0.1) is 6.61 Å². The first kappa shape index (κ1) is 19.0. The van der Waals surface area contributed by atoms with E-state index in [1.54, 1.807) is 54.6 Å². The van der Waals surface area contributed by atoms with E-state index < -0.39 is 7.82 Å². The number of allylic oxidation sites excluding steroid dienone is 2. The molecule has 0 unspecified atom stereocenters. The third-order valence-electron chi connectivity index (χ3n) is 3.15. The minimum atomic E-state index is -3.80. The Morgan fingerprint density at radius 1 is 0.840 bits per heavy atom. The van der Waals surface area contributed by atoms with Crippen LogP contribution in [0.15, 0.2) is 72.8 Å². The van der Waals surface area contributed by atoms with E-state index in [2.05, 4.69) is 0 Å². The maximum absolute atomic E-state index is 13.0. The van der Waals surface area contributed by atoms with Crippen molar-refractivity contribution in [3.05, 3.63) is 72.8 Å². The molecule has 0 aliphatic rings. The molecule has 0 saturated carbocycles. The molecule has 0 aromatic heterocycles. The summed E-state index contributed by atoms with van der Waals surface area (Å²) in [4.78, 5) is 10.2. The van der Waals surface area contributed by atoms with Gasteiger partial charge in [-0.05, 0) is 49.6 Å². The Morgan fingerprint density at radius 3 is 1.92 bits per heavy atom. The number of aldehydes is 1. The monoisotopic (exact) mass is 360 g/mol. The molecule has 0 N–H and O–H groups in total. The number of carbonyl (C=O) groups excluding carboxylic acids is 1. The van der Waals surface area contributed by atoms with Crippen LogP contribution in [0.4, 0.5) is 0 Å². The highest BCUT2D eigenvalue weighted by Crippen LogP contribution is 2.49. The largest absolute Gasteiger partial charge is 0.587 e. The van der Waals surface area contributed by atoms with Crippen LogP contribution in [0, 0.1) is 0 Å². The van der Waals surface area contributed by atoms with Crippen molar-refractivity contribution in [3.63, 3.8) is 0 Å². The van der Waals surface area contributed by atoms with Crippen LogP contribution in [0.25, 0.3) is 0 Å². The molecule has 0 aliphatic carbocycles. The average molecular weight is 360 g/mol. The van der Waals surface area contributed by atoms with E-state index in [9.17, 15) is 9.36 Å². The molecule has 0 radical (unpaired) electrons. The van der Waals surface area contributed by atoms with E-state index in [1.807, 2.05) is 12.1 Å². The number of phosphoric acid groups is 1. The van der Waals surface area contributed by atoms with E-state index in [0.29, 0.717) is 17.9 Å². The Hall–Kier alpha value is -2.36. The lowest BCUT2D eigenvalue weighted by molar-refractivity contribution is -0.104. The minimum absolute atomic E-state index is 0.228. The lowest BCUT2D eigenvalue weighted by Crippen LogP contribution is -2.06. The fraction of sp³-hybridized carbons (Fsp3) is 0.211. The number of unbranched alkanes of at least 4 members (excludes halogenated alkanes) is 2. The summed E-state index contributed by atoms with van der Waals surface area (Å²) in [6, 6.07) is 17.5. The van der Waals surface area contributed by atoms with Crippen molar-refractivity contribution in [2.75, 3.05) is 6.61 Å². The SMILES string of the molecule is O=C/C=C/CCCCOP(=O)(Oc1ccccc1)Oc1ccccc1. The molecule has 0 saturated heterocycles. The second-order valence-corrected chi connectivity index (χ2v) is 6.67. The van der Waals surface area contributed by atoms with Gasteiger partial charge in [-0.1, -0.05) is 42.5 Å². The van der Waals surface area contributed by atoms with Gasteiger partial charge in [-0.3, -0.25) is 9.32 Å². The number of phosphoric ester groups is 1. The molecule has 2 aromatic rings. The summed E-state index contributed by atoms with van der Waals surface area (Å²) in [5.41, 5.74) is 0. The quantitative estimate of drug-likeness (QED) is 0.239. The third-order valence-corrected chi connectivity index (χ3v) is 4.52. The van der Waals surface area contributed by atoms with Gasteiger partial charge in [-0.2, -0.15) is 0 Å².